The first kappa shape index (κ1) is 16.8. The maximum atomic E-state index is 12.6. The highest BCUT2D eigenvalue weighted by molar-refractivity contribution is 7.99. The number of nitrogens with one attached hydrogen (secondary N) is 1. The Morgan fingerprint density at radius 2 is 2.29 bits per heavy atom. The van der Waals surface area contributed by atoms with Crippen LogP contribution in [0.5, 0.6) is 0 Å². The van der Waals surface area contributed by atoms with E-state index in [2.05, 4.69) is 17.3 Å². The minimum Gasteiger partial charge on any atom is -0.315 e. The largest absolute Gasteiger partial charge is 0.315 e. The number of aromatic nitrogens is 2. The lowest BCUT2D eigenvalue weighted by molar-refractivity contribution is 0.367. The van der Waals surface area contributed by atoms with Crippen molar-refractivity contribution < 1.29 is 8.42 Å². The van der Waals surface area contributed by atoms with Crippen LogP contribution >= 0.6 is 11.8 Å². The van der Waals surface area contributed by atoms with Crippen molar-refractivity contribution >= 4 is 21.8 Å². The predicted molar refractivity (Wildman–Crippen MR) is 86.1 cm³/mol. The Bertz CT molecular complexity index is 544. The zero-order valence-corrected chi connectivity index (χ0v) is 14.3. The Balaban J connectivity index is 2.02. The molecule has 2 rings (SSSR count). The van der Waals surface area contributed by atoms with Crippen molar-refractivity contribution in [2.24, 2.45) is 0 Å². The third kappa shape index (κ3) is 4.21. The summed E-state index contributed by atoms with van der Waals surface area (Å²) in [5, 5.41) is 7.44. The highest BCUT2D eigenvalue weighted by Crippen LogP contribution is 2.23. The molecular formula is C13H24N4O2S2. The van der Waals surface area contributed by atoms with Crippen molar-refractivity contribution in [3.63, 3.8) is 0 Å². The van der Waals surface area contributed by atoms with E-state index in [4.69, 9.17) is 0 Å². The van der Waals surface area contributed by atoms with Gasteiger partial charge >= 0.3 is 0 Å². The molecule has 0 spiro atoms. The molecule has 1 N–H and O–H groups in total. The molecule has 8 heteroatoms. The van der Waals surface area contributed by atoms with Crippen molar-refractivity contribution in [2.45, 2.75) is 37.8 Å². The average molecular weight is 332 g/mol. The maximum Gasteiger partial charge on any atom is 0.246 e. The summed E-state index contributed by atoms with van der Waals surface area (Å²) in [6.07, 6.45) is 4.19. The molecule has 21 heavy (non-hydrogen) atoms. The van der Waals surface area contributed by atoms with Gasteiger partial charge < -0.3 is 5.32 Å². The molecule has 120 valence electrons. The molecule has 1 fully saturated rings. The minimum atomic E-state index is -3.41. The summed E-state index contributed by atoms with van der Waals surface area (Å²) in [5.74, 6) is 1.72. The van der Waals surface area contributed by atoms with Gasteiger partial charge in [-0.3, -0.25) is 4.68 Å². The molecule has 0 aliphatic carbocycles. The molecule has 1 aliphatic heterocycles. The zero-order valence-electron chi connectivity index (χ0n) is 12.7. The van der Waals surface area contributed by atoms with Crippen LogP contribution in [0.25, 0.3) is 0 Å². The van der Waals surface area contributed by atoms with E-state index < -0.39 is 10.0 Å². The Morgan fingerprint density at radius 3 is 3.00 bits per heavy atom. The molecule has 0 bridgehead atoms. The second-order valence-corrected chi connectivity index (χ2v) is 8.27. The fourth-order valence-corrected chi connectivity index (χ4v) is 5.11. The van der Waals surface area contributed by atoms with Crippen molar-refractivity contribution in [3.05, 3.63) is 12.4 Å². The molecule has 1 saturated heterocycles. The molecule has 1 aromatic rings. The third-order valence-corrected chi connectivity index (χ3v) is 6.62. The highest BCUT2D eigenvalue weighted by atomic mass is 32.2. The summed E-state index contributed by atoms with van der Waals surface area (Å²) in [6.45, 7) is 7.10. The Kier molecular flexibility index (Phi) is 6.09. The molecule has 2 heterocycles. The van der Waals surface area contributed by atoms with Crippen molar-refractivity contribution in [1.82, 2.24) is 19.4 Å². The summed E-state index contributed by atoms with van der Waals surface area (Å²) >= 11 is 1.80. The number of nitrogens with zero attached hydrogens (tertiary/aromatic N) is 3. The van der Waals surface area contributed by atoms with Crippen LogP contribution in [0, 0.1) is 0 Å². The summed E-state index contributed by atoms with van der Waals surface area (Å²) in [4.78, 5) is 0.303. The molecule has 1 aromatic heterocycles. The lowest BCUT2D eigenvalue weighted by atomic mass is 10.4. The molecule has 1 unspecified atom stereocenters. The quantitative estimate of drug-likeness (QED) is 0.755. The van der Waals surface area contributed by atoms with Gasteiger partial charge in [0.15, 0.2) is 0 Å². The number of hydrogen-bond acceptors (Lipinski definition) is 5. The standard InChI is InChI=1S/C13H24N4O2S2/c1-3-4-14-5-6-16-10-13(9-15-16)21(18,19)17-7-8-20-11-12(17)2/h9-10,12,14H,3-8,11H2,1-2H3. The topological polar surface area (TPSA) is 67.2 Å². The first-order valence-corrected chi connectivity index (χ1v) is 9.98. The van der Waals surface area contributed by atoms with E-state index in [1.165, 1.54) is 6.20 Å². The summed E-state index contributed by atoms with van der Waals surface area (Å²) < 4.78 is 28.6. The highest BCUT2D eigenvalue weighted by Gasteiger charge is 2.32. The van der Waals surface area contributed by atoms with Crippen LogP contribution in [0.1, 0.15) is 20.3 Å². The van der Waals surface area contributed by atoms with Gasteiger partial charge in [0, 0.05) is 36.8 Å². The monoisotopic (exact) mass is 332 g/mol. The van der Waals surface area contributed by atoms with E-state index in [1.54, 1.807) is 26.9 Å². The molecule has 1 aliphatic rings. The van der Waals surface area contributed by atoms with Gasteiger partial charge in [-0.1, -0.05) is 6.92 Å². The molecule has 1 atom stereocenters. The summed E-state index contributed by atoms with van der Waals surface area (Å²) in [6, 6.07) is 0.0447. The fourth-order valence-electron chi connectivity index (χ4n) is 2.30. The molecule has 0 amide bonds. The van der Waals surface area contributed by atoms with Crippen LogP contribution in [-0.4, -0.2) is 59.7 Å². The molecular weight excluding hydrogens is 308 g/mol. The zero-order chi connectivity index (χ0) is 15.3. The van der Waals surface area contributed by atoms with Crippen LogP contribution < -0.4 is 5.32 Å². The van der Waals surface area contributed by atoms with Gasteiger partial charge in [-0.25, -0.2) is 8.42 Å². The van der Waals surface area contributed by atoms with E-state index in [9.17, 15) is 8.42 Å². The number of hydrogen-bond donors (Lipinski definition) is 1. The first-order valence-electron chi connectivity index (χ1n) is 7.38. The van der Waals surface area contributed by atoms with Crippen LogP contribution in [0.3, 0.4) is 0 Å². The van der Waals surface area contributed by atoms with Crippen molar-refractivity contribution in [3.8, 4) is 0 Å². The van der Waals surface area contributed by atoms with Gasteiger partial charge in [0.25, 0.3) is 0 Å². The smallest absolute Gasteiger partial charge is 0.246 e. The molecule has 0 saturated carbocycles. The Labute approximate surface area is 131 Å². The van der Waals surface area contributed by atoms with Crippen LogP contribution in [-0.2, 0) is 16.6 Å². The van der Waals surface area contributed by atoms with E-state index in [0.717, 1.165) is 31.0 Å². The lowest BCUT2D eigenvalue weighted by Gasteiger charge is -2.31. The van der Waals surface area contributed by atoms with Gasteiger partial charge in [0.1, 0.15) is 4.90 Å². The van der Waals surface area contributed by atoms with Crippen molar-refractivity contribution in [1.29, 1.82) is 0 Å². The molecule has 6 nitrogen and oxygen atoms in total. The van der Waals surface area contributed by atoms with Gasteiger partial charge in [-0.2, -0.15) is 21.2 Å². The predicted octanol–water partition coefficient (Wildman–Crippen LogP) is 1.01. The van der Waals surface area contributed by atoms with Crippen LogP contribution in [0.15, 0.2) is 17.3 Å². The molecule has 0 radical (unpaired) electrons. The van der Waals surface area contributed by atoms with Crippen LogP contribution in [0.2, 0.25) is 0 Å². The second-order valence-electron chi connectivity index (χ2n) is 5.23. The maximum absolute atomic E-state index is 12.6. The van der Waals surface area contributed by atoms with Crippen molar-refractivity contribution in [2.75, 3.05) is 31.1 Å². The Hall–Kier alpha value is -0.570. The van der Waals surface area contributed by atoms with E-state index in [-0.39, 0.29) is 6.04 Å². The molecule has 0 aromatic carbocycles. The number of rotatable bonds is 7. The number of thioether (sulfide) groups is 1. The fraction of sp³-hybridized carbons (Fsp3) is 0.769. The third-order valence-electron chi connectivity index (χ3n) is 3.47. The summed E-state index contributed by atoms with van der Waals surface area (Å²) in [5.41, 5.74) is 0. The average Bonchev–Trinajstić information content (AvgIpc) is 2.93. The second kappa shape index (κ2) is 7.62. The Morgan fingerprint density at radius 1 is 1.48 bits per heavy atom. The number of sulfonamides is 1. The van der Waals surface area contributed by atoms with Crippen LogP contribution in [0.4, 0.5) is 0 Å². The normalized spacial score (nSPS) is 20.8. The van der Waals surface area contributed by atoms with Gasteiger partial charge in [-0.05, 0) is 19.9 Å². The van der Waals surface area contributed by atoms with E-state index in [1.807, 2.05) is 6.92 Å². The van der Waals surface area contributed by atoms with Gasteiger partial charge in [-0.15, -0.1) is 0 Å². The SMILES string of the molecule is CCCNCCn1cc(S(=O)(=O)N2CCSCC2C)cn1. The summed E-state index contributed by atoms with van der Waals surface area (Å²) in [7, 11) is -3.41. The minimum absolute atomic E-state index is 0.0447. The van der Waals surface area contributed by atoms with E-state index in [0.29, 0.717) is 18.0 Å². The van der Waals surface area contributed by atoms with E-state index >= 15 is 0 Å². The lowest BCUT2D eigenvalue weighted by Crippen LogP contribution is -2.44. The van der Waals surface area contributed by atoms with Gasteiger partial charge in [0.2, 0.25) is 10.0 Å². The first-order chi connectivity index (χ1) is 10.1. The van der Waals surface area contributed by atoms with Gasteiger partial charge in [0.05, 0.1) is 12.7 Å².